The van der Waals surface area contributed by atoms with E-state index in [9.17, 15) is 0 Å². The second-order valence-corrected chi connectivity index (χ2v) is 7.32. The normalized spacial score (nSPS) is 27.9. The molecule has 2 atom stereocenters. The molecule has 1 aliphatic heterocycles. The largest absolute Gasteiger partial charge is 0.271 e. The molecule has 1 fully saturated rings. The Bertz CT molecular complexity index is 733. The summed E-state index contributed by atoms with van der Waals surface area (Å²) in [6, 6.07) is 13.4. The molecule has 2 aromatic rings. The molecule has 0 saturated heterocycles. The van der Waals surface area contributed by atoms with E-state index >= 15 is 0 Å². The quantitative estimate of drug-likeness (QED) is 0.635. The third-order valence-electron chi connectivity index (χ3n) is 5.28. The van der Waals surface area contributed by atoms with Gasteiger partial charge in [-0.15, -0.1) is 11.8 Å². The van der Waals surface area contributed by atoms with Crippen molar-refractivity contribution < 1.29 is 0 Å². The highest BCUT2D eigenvalue weighted by Gasteiger charge is 2.42. The summed E-state index contributed by atoms with van der Waals surface area (Å²) < 4.78 is 0. The predicted molar refractivity (Wildman–Crippen MR) is 93.6 cm³/mol. The Labute approximate surface area is 130 Å². The fraction of sp³-hybridized carbons (Fsp3) is 0.421. The molecule has 1 heterocycles. The lowest BCUT2D eigenvalue weighted by Gasteiger charge is -2.43. The minimum absolute atomic E-state index is 0.105. The Kier molecular flexibility index (Phi) is 3.11. The van der Waals surface area contributed by atoms with Crippen molar-refractivity contribution >= 4 is 27.6 Å². The summed E-state index contributed by atoms with van der Waals surface area (Å²) in [6.07, 6.45) is 7.32. The van der Waals surface area contributed by atoms with Crippen LogP contribution in [0.2, 0.25) is 0 Å². The predicted octanol–water partition coefficient (Wildman–Crippen LogP) is 5.38. The molecule has 0 bridgehead atoms. The fourth-order valence-corrected chi connectivity index (χ4v) is 4.91. The Hall–Kier alpha value is -1.28. The van der Waals surface area contributed by atoms with Gasteiger partial charge in [0.1, 0.15) is 0 Å². The van der Waals surface area contributed by atoms with E-state index in [0.717, 1.165) is 0 Å². The summed E-state index contributed by atoms with van der Waals surface area (Å²) in [7, 11) is 0. The summed E-state index contributed by atoms with van der Waals surface area (Å²) in [6.45, 7) is 2.37. The lowest BCUT2D eigenvalue weighted by Crippen LogP contribution is -2.38. The summed E-state index contributed by atoms with van der Waals surface area (Å²) in [4.78, 5) is 5.18. The summed E-state index contributed by atoms with van der Waals surface area (Å²) >= 11 is 1.80. The second kappa shape index (κ2) is 4.88. The molecule has 0 N–H and O–H groups in total. The molecule has 0 amide bonds. The van der Waals surface area contributed by atoms with Gasteiger partial charge in [0.15, 0.2) is 0 Å². The van der Waals surface area contributed by atoms with E-state index in [4.69, 9.17) is 4.99 Å². The van der Waals surface area contributed by atoms with Crippen molar-refractivity contribution in [3.05, 3.63) is 47.5 Å². The number of fused-ring (bicyclic) bond motifs is 5. The van der Waals surface area contributed by atoms with Crippen LogP contribution < -0.4 is 0 Å². The van der Waals surface area contributed by atoms with Gasteiger partial charge in [-0.1, -0.05) is 49.2 Å². The van der Waals surface area contributed by atoms with Gasteiger partial charge in [0.05, 0.1) is 10.6 Å². The van der Waals surface area contributed by atoms with Crippen LogP contribution >= 0.6 is 11.8 Å². The summed E-state index contributed by atoms with van der Waals surface area (Å²) in [5.41, 5.74) is 3.05. The monoisotopic (exact) mass is 295 g/mol. The van der Waals surface area contributed by atoms with Gasteiger partial charge >= 0.3 is 0 Å². The number of thioether (sulfide) groups is 1. The molecule has 1 nitrogen and oxygen atoms in total. The van der Waals surface area contributed by atoms with Crippen LogP contribution in [0.3, 0.4) is 0 Å². The van der Waals surface area contributed by atoms with Crippen LogP contribution in [0.15, 0.2) is 41.4 Å². The van der Waals surface area contributed by atoms with Gasteiger partial charge in [0.25, 0.3) is 0 Å². The van der Waals surface area contributed by atoms with Crippen LogP contribution in [-0.2, 0) is 0 Å². The summed E-state index contributed by atoms with van der Waals surface area (Å²) in [5, 5.41) is 4.04. The topological polar surface area (TPSA) is 12.4 Å². The van der Waals surface area contributed by atoms with Crippen molar-refractivity contribution in [2.24, 2.45) is 4.99 Å². The van der Waals surface area contributed by atoms with Gasteiger partial charge in [0, 0.05) is 11.5 Å². The number of rotatable bonds is 0. The fourth-order valence-electron chi connectivity index (χ4n) is 4.21. The van der Waals surface area contributed by atoms with Gasteiger partial charge in [-0.05, 0) is 42.4 Å². The first-order valence-electron chi connectivity index (χ1n) is 7.89. The number of benzene rings is 2. The van der Waals surface area contributed by atoms with E-state index < -0.39 is 0 Å². The molecule has 0 unspecified atom stereocenters. The molecule has 4 rings (SSSR count). The van der Waals surface area contributed by atoms with Crippen LogP contribution in [-0.4, -0.2) is 16.8 Å². The first kappa shape index (κ1) is 13.4. The zero-order valence-corrected chi connectivity index (χ0v) is 13.5. The first-order chi connectivity index (χ1) is 10.2. The molecule has 0 aromatic heterocycles. The van der Waals surface area contributed by atoms with Crippen LogP contribution in [0.5, 0.6) is 0 Å². The van der Waals surface area contributed by atoms with Crippen LogP contribution in [0.25, 0.3) is 10.8 Å². The third kappa shape index (κ3) is 1.96. The minimum atomic E-state index is 0.105. The zero-order chi connectivity index (χ0) is 14.4. The molecule has 2 heteroatoms. The van der Waals surface area contributed by atoms with Crippen LogP contribution in [0.1, 0.15) is 49.7 Å². The first-order valence-corrected chi connectivity index (χ1v) is 9.11. The van der Waals surface area contributed by atoms with Gasteiger partial charge in [-0.3, -0.25) is 4.99 Å². The van der Waals surface area contributed by atoms with Crippen molar-refractivity contribution in [2.75, 3.05) is 6.26 Å². The van der Waals surface area contributed by atoms with Gasteiger partial charge in [-0.2, -0.15) is 0 Å². The zero-order valence-electron chi connectivity index (χ0n) is 12.7. The number of hydrogen-bond donors (Lipinski definition) is 0. The van der Waals surface area contributed by atoms with E-state index in [1.165, 1.54) is 47.1 Å². The lowest BCUT2D eigenvalue weighted by molar-refractivity contribution is 0.275. The maximum Gasteiger partial charge on any atom is 0.0984 e. The van der Waals surface area contributed by atoms with Crippen molar-refractivity contribution in [3.8, 4) is 0 Å². The van der Waals surface area contributed by atoms with E-state index in [0.29, 0.717) is 5.92 Å². The van der Waals surface area contributed by atoms with E-state index in [1.807, 2.05) is 0 Å². The molecule has 2 aromatic carbocycles. The maximum atomic E-state index is 5.18. The molecular formula is C19H21NS. The Morgan fingerprint density at radius 1 is 1.14 bits per heavy atom. The molecule has 21 heavy (non-hydrogen) atoms. The van der Waals surface area contributed by atoms with Crippen molar-refractivity contribution in [2.45, 2.75) is 44.1 Å². The Balaban J connectivity index is 2.04. The molecule has 108 valence electrons. The highest BCUT2D eigenvalue weighted by atomic mass is 32.2. The van der Waals surface area contributed by atoms with Crippen LogP contribution in [0.4, 0.5) is 0 Å². The average Bonchev–Trinajstić information content (AvgIpc) is 2.53. The number of hydrogen-bond acceptors (Lipinski definition) is 2. The Morgan fingerprint density at radius 2 is 2.00 bits per heavy atom. The second-order valence-electron chi connectivity index (χ2n) is 6.52. The Morgan fingerprint density at radius 3 is 2.86 bits per heavy atom. The highest BCUT2D eigenvalue weighted by Crippen LogP contribution is 2.50. The average molecular weight is 295 g/mol. The lowest BCUT2D eigenvalue weighted by atomic mass is 9.67. The molecule has 1 saturated carbocycles. The van der Waals surface area contributed by atoms with Crippen molar-refractivity contribution in [1.82, 2.24) is 0 Å². The van der Waals surface area contributed by atoms with Gasteiger partial charge < -0.3 is 0 Å². The smallest absolute Gasteiger partial charge is 0.0984 e. The number of nitrogens with zero attached hydrogens (tertiary/aromatic N) is 1. The van der Waals surface area contributed by atoms with Gasteiger partial charge in [-0.25, -0.2) is 0 Å². The van der Waals surface area contributed by atoms with Crippen LogP contribution in [0, 0.1) is 0 Å². The molecular weight excluding hydrogens is 274 g/mol. The van der Waals surface area contributed by atoms with E-state index in [-0.39, 0.29) is 5.54 Å². The molecule has 0 spiro atoms. The highest BCUT2D eigenvalue weighted by molar-refractivity contribution is 8.13. The van der Waals surface area contributed by atoms with Crippen molar-refractivity contribution in [1.29, 1.82) is 0 Å². The molecule has 1 aliphatic carbocycles. The van der Waals surface area contributed by atoms with E-state index in [1.54, 1.807) is 17.3 Å². The molecule has 2 aliphatic rings. The van der Waals surface area contributed by atoms with Gasteiger partial charge in [0.2, 0.25) is 0 Å². The van der Waals surface area contributed by atoms with Crippen molar-refractivity contribution in [3.63, 3.8) is 0 Å². The number of aliphatic imine (C=N–C) groups is 1. The molecule has 0 radical (unpaired) electrons. The summed E-state index contributed by atoms with van der Waals surface area (Å²) in [5.74, 6) is 0.586. The third-order valence-corrected chi connectivity index (χ3v) is 5.97. The SMILES string of the molecule is CSC1=N[C@@]2(C)CCCC[C@H]2c2c1ccc1ccccc21. The standard InChI is InChI=1S/C19H21NS/c1-19-12-6-5-9-16(19)17-14-8-4-3-7-13(14)10-11-15(17)18(20-19)21-2/h3-4,7-8,10-11,16H,5-6,9,12H2,1-2H3/t16-,19-/m0/s1. The minimum Gasteiger partial charge on any atom is -0.271 e. The van der Waals surface area contributed by atoms with E-state index in [2.05, 4.69) is 49.6 Å². The maximum absolute atomic E-state index is 5.18.